The lowest BCUT2D eigenvalue weighted by Gasteiger charge is -2.26. The van der Waals surface area contributed by atoms with Crippen LogP contribution >= 0.6 is 0 Å². The first kappa shape index (κ1) is 32.1. The Morgan fingerprint density at radius 3 is 2.30 bits per heavy atom. The average molecular weight is 632 g/mol. The number of rotatable bonds is 15. The van der Waals surface area contributed by atoms with Gasteiger partial charge in [-0.25, -0.2) is 9.87 Å². The van der Waals surface area contributed by atoms with Crippen LogP contribution in [-0.4, -0.2) is 54.7 Å². The second-order valence-corrected chi connectivity index (χ2v) is 10.7. The van der Waals surface area contributed by atoms with Crippen LogP contribution < -0.4 is 35.6 Å². The van der Waals surface area contributed by atoms with Crippen LogP contribution in [0.3, 0.4) is 0 Å². The number of carbonyl (C=O) groups is 3. The molecule has 0 bridgehead atoms. The van der Waals surface area contributed by atoms with E-state index in [1.54, 1.807) is 54.1 Å². The SMILES string of the molecule is COc1cc2nccc(Oc3ccc(N(C(=O)C4(C(N)=O)CC4)c4ccc(F)cc4)cc3)c2cc1OCCCNCCC(=O)NO. The predicted octanol–water partition coefficient (Wildman–Crippen LogP) is 4.36. The first-order valence-corrected chi connectivity index (χ1v) is 14.7. The smallest absolute Gasteiger partial charge is 0.247 e. The molecule has 0 atom stereocenters. The first-order valence-electron chi connectivity index (χ1n) is 14.7. The zero-order chi connectivity index (χ0) is 32.7. The number of carbonyl (C=O) groups excluding carboxylic acids is 3. The first-order chi connectivity index (χ1) is 22.3. The summed E-state index contributed by atoms with van der Waals surface area (Å²) in [4.78, 5) is 42.7. The number of methoxy groups -OCH3 is 1. The van der Waals surface area contributed by atoms with Crippen LogP contribution in [0.4, 0.5) is 15.8 Å². The molecule has 0 spiro atoms. The highest BCUT2D eigenvalue weighted by Gasteiger charge is 2.57. The van der Waals surface area contributed by atoms with Gasteiger partial charge in [-0.15, -0.1) is 0 Å². The number of hydrogen-bond acceptors (Lipinski definition) is 9. The molecule has 0 radical (unpaired) electrons. The molecule has 1 aromatic heterocycles. The second kappa shape index (κ2) is 14.2. The number of nitrogens with two attached hydrogens (primary N) is 1. The molecule has 0 aliphatic heterocycles. The maximum absolute atomic E-state index is 13.7. The summed E-state index contributed by atoms with van der Waals surface area (Å²) in [5.74, 6) is -0.0815. The van der Waals surface area contributed by atoms with Gasteiger partial charge in [0.05, 0.1) is 19.2 Å². The van der Waals surface area contributed by atoms with E-state index in [0.29, 0.717) is 84.2 Å². The van der Waals surface area contributed by atoms with Gasteiger partial charge in [-0.05, 0) is 86.5 Å². The van der Waals surface area contributed by atoms with Crippen molar-refractivity contribution in [3.05, 3.63) is 78.7 Å². The fourth-order valence-electron chi connectivity index (χ4n) is 4.92. The molecule has 3 amide bonds. The molecule has 1 aliphatic carbocycles. The van der Waals surface area contributed by atoms with Crippen LogP contribution in [0.1, 0.15) is 25.7 Å². The molecule has 0 saturated heterocycles. The molecule has 3 aromatic carbocycles. The van der Waals surface area contributed by atoms with Crippen molar-refractivity contribution < 1.29 is 38.2 Å². The normalized spacial score (nSPS) is 13.1. The van der Waals surface area contributed by atoms with Crippen LogP contribution in [0.2, 0.25) is 0 Å². The number of amides is 3. The second-order valence-electron chi connectivity index (χ2n) is 10.7. The summed E-state index contributed by atoms with van der Waals surface area (Å²) in [6.45, 7) is 1.40. The van der Waals surface area contributed by atoms with Crippen molar-refractivity contribution in [1.29, 1.82) is 0 Å². The van der Waals surface area contributed by atoms with Gasteiger partial charge in [0, 0.05) is 42.0 Å². The van der Waals surface area contributed by atoms with E-state index in [2.05, 4.69) is 10.3 Å². The maximum atomic E-state index is 13.7. The highest BCUT2D eigenvalue weighted by atomic mass is 19.1. The van der Waals surface area contributed by atoms with Crippen molar-refractivity contribution in [2.24, 2.45) is 11.1 Å². The molecule has 1 fully saturated rings. The highest BCUT2D eigenvalue weighted by molar-refractivity contribution is 6.16. The molecule has 5 N–H and O–H groups in total. The van der Waals surface area contributed by atoms with Crippen molar-refractivity contribution in [3.63, 3.8) is 0 Å². The van der Waals surface area contributed by atoms with Crippen LogP contribution in [-0.2, 0) is 14.4 Å². The van der Waals surface area contributed by atoms with Crippen molar-refractivity contribution in [2.75, 3.05) is 31.7 Å². The third-order valence-electron chi connectivity index (χ3n) is 7.64. The van der Waals surface area contributed by atoms with Gasteiger partial charge in [-0.1, -0.05) is 0 Å². The van der Waals surface area contributed by atoms with E-state index in [1.165, 1.54) is 36.3 Å². The Labute approximate surface area is 264 Å². The molecule has 1 aliphatic rings. The molecular weight excluding hydrogens is 597 g/mol. The van der Waals surface area contributed by atoms with E-state index in [1.807, 2.05) is 0 Å². The number of hydrogen-bond donors (Lipinski definition) is 4. The standard InChI is InChI=1S/C33H34FN5O7/c1-44-28-20-26-25(19-29(28)45-18-2-15-36-16-12-30(40)38-43)27(11-17-37-26)46-24-9-7-23(8-10-24)39(22-5-3-21(34)4-6-22)32(42)33(13-14-33)31(35)41/h3-11,17,19-20,36,43H,2,12-16,18H2,1H3,(H2,35,41)(H,38,40). The number of primary amides is 1. The number of benzene rings is 3. The Kier molecular flexibility index (Phi) is 9.94. The van der Waals surface area contributed by atoms with Crippen molar-refractivity contribution in [3.8, 4) is 23.0 Å². The summed E-state index contributed by atoms with van der Waals surface area (Å²) in [7, 11) is 1.54. The lowest BCUT2D eigenvalue weighted by Crippen LogP contribution is -2.41. The Morgan fingerprint density at radius 2 is 1.67 bits per heavy atom. The number of anilines is 2. The number of aromatic nitrogens is 1. The Hall–Kier alpha value is -5.27. The topological polar surface area (TPSA) is 165 Å². The van der Waals surface area contributed by atoms with Crippen molar-refractivity contribution in [1.82, 2.24) is 15.8 Å². The molecule has 13 heteroatoms. The molecular formula is C33H34FN5O7. The summed E-state index contributed by atoms with van der Waals surface area (Å²) >= 11 is 0. The lowest BCUT2D eigenvalue weighted by molar-refractivity contribution is -0.133. The van der Waals surface area contributed by atoms with E-state index in [-0.39, 0.29) is 6.42 Å². The zero-order valence-electron chi connectivity index (χ0n) is 25.1. The quantitative estimate of drug-likeness (QED) is 0.0646. The predicted molar refractivity (Wildman–Crippen MR) is 167 cm³/mol. The fourth-order valence-corrected chi connectivity index (χ4v) is 4.92. The maximum Gasteiger partial charge on any atom is 0.247 e. The number of nitrogens with zero attached hydrogens (tertiary/aromatic N) is 2. The summed E-state index contributed by atoms with van der Waals surface area (Å²) < 4.78 is 31.4. The number of hydroxylamine groups is 1. The largest absolute Gasteiger partial charge is 0.493 e. The van der Waals surface area contributed by atoms with Gasteiger partial charge in [-0.2, -0.15) is 0 Å². The molecule has 1 heterocycles. The third-order valence-corrected chi connectivity index (χ3v) is 7.64. The monoisotopic (exact) mass is 631 g/mol. The van der Waals surface area contributed by atoms with Gasteiger partial charge in [0.15, 0.2) is 11.5 Å². The highest BCUT2D eigenvalue weighted by Crippen LogP contribution is 2.49. The van der Waals surface area contributed by atoms with Gasteiger partial charge in [0.25, 0.3) is 0 Å². The summed E-state index contributed by atoms with van der Waals surface area (Å²) in [6, 6.07) is 17.4. The minimum atomic E-state index is -1.28. The lowest BCUT2D eigenvalue weighted by atomic mass is 10.0. The van der Waals surface area contributed by atoms with Gasteiger partial charge in [-0.3, -0.25) is 29.5 Å². The Balaban J connectivity index is 1.32. The Morgan fingerprint density at radius 1 is 0.978 bits per heavy atom. The zero-order valence-corrected chi connectivity index (χ0v) is 25.1. The Bertz CT molecular complexity index is 1710. The van der Waals surface area contributed by atoms with Crippen LogP contribution in [0.5, 0.6) is 23.0 Å². The minimum Gasteiger partial charge on any atom is -0.493 e. The molecule has 4 aromatic rings. The van der Waals surface area contributed by atoms with Gasteiger partial charge in [0.2, 0.25) is 17.7 Å². The van der Waals surface area contributed by atoms with E-state index in [0.717, 1.165) is 0 Å². The number of nitrogens with one attached hydrogen (secondary N) is 2. The molecule has 5 rings (SSSR count). The molecule has 1 saturated carbocycles. The van der Waals surface area contributed by atoms with E-state index in [9.17, 15) is 18.8 Å². The van der Waals surface area contributed by atoms with Crippen LogP contribution in [0, 0.1) is 11.2 Å². The summed E-state index contributed by atoms with van der Waals surface area (Å²) in [6.07, 6.45) is 3.14. The molecule has 240 valence electrons. The average Bonchev–Trinajstić information content (AvgIpc) is 3.88. The summed E-state index contributed by atoms with van der Waals surface area (Å²) in [5.41, 5.74) is 7.39. The molecule has 0 unspecified atom stereocenters. The summed E-state index contributed by atoms with van der Waals surface area (Å²) in [5, 5.41) is 12.3. The van der Waals surface area contributed by atoms with E-state index < -0.39 is 29.0 Å². The minimum absolute atomic E-state index is 0.162. The van der Waals surface area contributed by atoms with Crippen molar-refractivity contribution >= 4 is 40.0 Å². The third kappa shape index (κ3) is 7.16. The molecule has 46 heavy (non-hydrogen) atoms. The molecule has 12 nitrogen and oxygen atoms in total. The number of ether oxygens (including phenoxy) is 3. The van der Waals surface area contributed by atoms with Gasteiger partial charge >= 0.3 is 0 Å². The van der Waals surface area contributed by atoms with Crippen LogP contribution in [0.25, 0.3) is 10.9 Å². The number of fused-ring (bicyclic) bond motifs is 1. The van der Waals surface area contributed by atoms with Gasteiger partial charge < -0.3 is 25.3 Å². The van der Waals surface area contributed by atoms with E-state index >= 15 is 0 Å². The van der Waals surface area contributed by atoms with Crippen LogP contribution in [0.15, 0.2) is 72.9 Å². The van der Waals surface area contributed by atoms with E-state index in [4.69, 9.17) is 25.2 Å². The fraction of sp³-hybridized carbons (Fsp3) is 0.273. The van der Waals surface area contributed by atoms with Crippen molar-refractivity contribution in [2.45, 2.75) is 25.7 Å². The van der Waals surface area contributed by atoms with Gasteiger partial charge in [0.1, 0.15) is 22.7 Å². The number of halogens is 1. The number of pyridine rings is 1.